The van der Waals surface area contributed by atoms with Crippen molar-refractivity contribution in [2.45, 2.75) is 55.5 Å². The van der Waals surface area contributed by atoms with E-state index in [-0.39, 0.29) is 17.3 Å². The molecule has 0 saturated carbocycles. The van der Waals surface area contributed by atoms with Crippen LogP contribution in [0.4, 0.5) is 0 Å². The van der Waals surface area contributed by atoms with Crippen LogP contribution in [0.1, 0.15) is 54.1 Å². The summed E-state index contributed by atoms with van der Waals surface area (Å²) in [5.74, 6) is 0.539. The van der Waals surface area contributed by atoms with Gasteiger partial charge in [-0.15, -0.1) is 11.8 Å². The molecule has 1 amide bonds. The van der Waals surface area contributed by atoms with Crippen molar-refractivity contribution in [2.75, 3.05) is 32.4 Å². The Morgan fingerprint density at radius 3 is 2.44 bits per heavy atom. The maximum Gasteiger partial charge on any atom is 0.255 e. The molecule has 4 rings (SSSR count). The molecular formula is C26H35N3O3S2. The molecule has 0 aliphatic carbocycles. The van der Waals surface area contributed by atoms with Crippen LogP contribution in [0, 0.1) is 5.92 Å². The average Bonchev–Trinajstić information content (AvgIpc) is 3.36. The molecule has 2 aromatic carbocycles. The van der Waals surface area contributed by atoms with E-state index in [0.717, 1.165) is 56.0 Å². The fourth-order valence-electron chi connectivity index (χ4n) is 4.70. The third-order valence-electron chi connectivity index (χ3n) is 6.85. The van der Waals surface area contributed by atoms with Crippen molar-refractivity contribution in [1.29, 1.82) is 0 Å². The predicted molar refractivity (Wildman–Crippen MR) is 138 cm³/mol. The van der Waals surface area contributed by atoms with E-state index in [0.29, 0.717) is 11.5 Å². The van der Waals surface area contributed by atoms with Crippen LogP contribution in [-0.4, -0.2) is 56.6 Å². The predicted octanol–water partition coefficient (Wildman–Crippen LogP) is 4.35. The number of sulfonamides is 1. The molecule has 0 radical (unpaired) electrons. The highest BCUT2D eigenvalue weighted by Gasteiger charge is 2.25. The number of rotatable bonds is 8. The van der Waals surface area contributed by atoms with Crippen LogP contribution in [-0.2, 0) is 23.1 Å². The number of nitrogens with one attached hydrogen (secondary N) is 1. The Labute approximate surface area is 208 Å². The summed E-state index contributed by atoms with van der Waals surface area (Å²) < 4.78 is 29.0. The highest BCUT2D eigenvalue weighted by Crippen LogP contribution is 2.27. The Kier molecular flexibility index (Phi) is 8.34. The highest BCUT2D eigenvalue weighted by molar-refractivity contribution is 7.98. The molecule has 2 heterocycles. The van der Waals surface area contributed by atoms with Gasteiger partial charge in [-0.2, -0.15) is 0 Å². The van der Waals surface area contributed by atoms with Gasteiger partial charge >= 0.3 is 0 Å². The van der Waals surface area contributed by atoms with Crippen molar-refractivity contribution in [3.63, 3.8) is 0 Å². The first-order chi connectivity index (χ1) is 16.4. The summed E-state index contributed by atoms with van der Waals surface area (Å²) in [6, 6.07) is 13.0. The Hall–Kier alpha value is -1.87. The summed E-state index contributed by atoms with van der Waals surface area (Å²) in [5.41, 5.74) is 2.60. The van der Waals surface area contributed by atoms with Crippen LogP contribution < -0.4 is 4.72 Å². The number of likely N-dealkylation sites (tertiary alicyclic amines) is 2. The van der Waals surface area contributed by atoms with Gasteiger partial charge in [0.25, 0.3) is 5.91 Å². The van der Waals surface area contributed by atoms with Crippen molar-refractivity contribution in [3.05, 3.63) is 59.2 Å². The molecule has 8 heteroatoms. The van der Waals surface area contributed by atoms with E-state index in [1.807, 2.05) is 23.3 Å². The largest absolute Gasteiger partial charge is 0.339 e. The molecule has 0 spiro atoms. The van der Waals surface area contributed by atoms with Gasteiger partial charge in [-0.3, -0.25) is 9.69 Å². The van der Waals surface area contributed by atoms with Gasteiger partial charge in [-0.25, -0.2) is 13.1 Å². The van der Waals surface area contributed by atoms with Crippen LogP contribution in [0.3, 0.4) is 0 Å². The van der Waals surface area contributed by atoms with E-state index < -0.39 is 10.0 Å². The van der Waals surface area contributed by atoms with Crippen molar-refractivity contribution < 1.29 is 13.2 Å². The summed E-state index contributed by atoms with van der Waals surface area (Å²) >= 11 is 1.47. The van der Waals surface area contributed by atoms with E-state index in [1.165, 1.54) is 30.2 Å². The van der Waals surface area contributed by atoms with E-state index in [4.69, 9.17) is 0 Å². The summed E-state index contributed by atoms with van der Waals surface area (Å²) in [4.78, 5) is 18.4. The lowest BCUT2D eigenvalue weighted by atomic mass is 9.98. The fraction of sp³-hybridized carbons (Fsp3) is 0.500. The van der Waals surface area contributed by atoms with E-state index in [2.05, 4.69) is 28.7 Å². The second kappa shape index (κ2) is 11.2. The Balaban J connectivity index is 1.46. The normalized spacial score (nSPS) is 17.9. The number of hydrogen-bond acceptors (Lipinski definition) is 5. The van der Waals surface area contributed by atoms with Crippen LogP contribution in [0.2, 0.25) is 0 Å². The van der Waals surface area contributed by atoms with Gasteiger partial charge in [0.2, 0.25) is 10.0 Å². The van der Waals surface area contributed by atoms with Crippen molar-refractivity contribution in [1.82, 2.24) is 14.5 Å². The minimum Gasteiger partial charge on any atom is -0.339 e. The topological polar surface area (TPSA) is 69.7 Å². The maximum atomic E-state index is 13.2. The first kappa shape index (κ1) is 25.2. The zero-order chi connectivity index (χ0) is 24.1. The lowest BCUT2D eigenvalue weighted by Crippen LogP contribution is -2.38. The fourth-order valence-corrected chi connectivity index (χ4v) is 6.32. The molecule has 184 valence electrons. The number of benzene rings is 2. The van der Waals surface area contributed by atoms with Crippen LogP contribution >= 0.6 is 11.8 Å². The number of thioether (sulfide) groups is 1. The minimum absolute atomic E-state index is 0.0806. The summed E-state index contributed by atoms with van der Waals surface area (Å²) in [5, 5.41) is 0. The third kappa shape index (κ3) is 6.22. The smallest absolute Gasteiger partial charge is 0.255 e. The minimum atomic E-state index is -3.75. The van der Waals surface area contributed by atoms with E-state index >= 15 is 0 Å². The molecule has 0 aromatic heterocycles. The Morgan fingerprint density at radius 2 is 1.74 bits per heavy atom. The standard InChI is InChI=1S/C26H35N3O3S2/c1-20-10-14-29(15-11-20)26(30)24-17-23(8-9-25(24)33-2)34(31,32)27-18-21-6-5-7-22(16-21)19-28-12-3-4-13-28/h5-9,16-17,20,27H,3-4,10-15,18-19H2,1-2H3. The van der Waals surface area contributed by atoms with E-state index in [1.54, 1.807) is 18.2 Å². The first-order valence-electron chi connectivity index (χ1n) is 12.1. The molecule has 2 saturated heterocycles. The van der Waals surface area contributed by atoms with Gasteiger partial charge in [-0.1, -0.05) is 31.2 Å². The molecule has 2 aliphatic heterocycles. The number of carbonyl (C=O) groups excluding carboxylic acids is 1. The number of nitrogens with zero attached hydrogens (tertiary/aromatic N) is 2. The lowest BCUT2D eigenvalue weighted by molar-refractivity contribution is 0.0693. The average molecular weight is 502 g/mol. The molecular weight excluding hydrogens is 466 g/mol. The Morgan fingerprint density at radius 1 is 1.03 bits per heavy atom. The van der Waals surface area contributed by atoms with Crippen molar-refractivity contribution in [3.8, 4) is 0 Å². The monoisotopic (exact) mass is 501 g/mol. The van der Waals surface area contributed by atoms with Crippen LogP contribution in [0.25, 0.3) is 0 Å². The Bertz CT molecular complexity index is 1110. The molecule has 0 bridgehead atoms. The van der Waals surface area contributed by atoms with Crippen LogP contribution in [0.5, 0.6) is 0 Å². The lowest BCUT2D eigenvalue weighted by Gasteiger charge is -2.30. The summed E-state index contributed by atoms with van der Waals surface area (Å²) in [6.45, 7) is 7.01. The molecule has 0 atom stereocenters. The third-order valence-corrected chi connectivity index (χ3v) is 9.04. The van der Waals surface area contributed by atoms with Gasteiger partial charge in [0, 0.05) is 31.1 Å². The maximum absolute atomic E-state index is 13.2. The van der Waals surface area contributed by atoms with Gasteiger partial charge in [0.1, 0.15) is 0 Å². The zero-order valence-electron chi connectivity index (χ0n) is 20.1. The van der Waals surface area contributed by atoms with E-state index in [9.17, 15) is 13.2 Å². The van der Waals surface area contributed by atoms with Gasteiger partial charge in [0.15, 0.2) is 0 Å². The molecule has 0 unspecified atom stereocenters. The summed E-state index contributed by atoms with van der Waals surface area (Å²) in [6.07, 6.45) is 6.37. The second-order valence-electron chi connectivity index (χ2n) is 9.46. The second-order valence-corrected chi connectivity index (χ2v) is 12.1. The number of carbonyl (C=O) groups is 1. The van der Waals surface area contributed by atoms with Gasteiger partial charge in [-0.05, 0) is 80.3 Å². The quantitative estimate of drug-likeness (QED) is 0.545. The molecule has 1 N–H and O–H groups in total. The highest BCUT2D eigenvalue weighted by atomic mass is 32.2. The molecule has 2 fully saturated rings. The molecule has 2 aliphatic rings. The van der Waals surface area contributed by atoms with Gasteiger partial charge < -0.3 is 4.90 Å². The van der Waals surface area contributed by atoms with Gasteiger partial charge in [0.05, 0.1) is 10.5 Å². The first-order valence-corrected chi connectivity index (χ1v) is 14.8. The van der Waals surface area contributed by atoms with Crippen molar-refractivity contribution in [2.24, 2.45) is 5.92 Å². The number of hydrogen-bond donors (Lipinski definition) is 1. The SMILES string of the molecule is CSc1ccc(S(=O)(=O)NCc2cccc(CN3CCCC3)c2)cc1C(=O)N1CCC(C)CC1. The molecule has 2 aromatic rings. The molecule has 6 nitrogen and oxygen atoms in total. The number of piperidine rings is 1. The van der Waals surface area contributed by atoms with Crippen LogP contribution in [0.15, 0.2) is 52.3 Å². The summed E-state index contributed by atoms with van der Waals surface area (Å²) in [7, 11) is -3.75. The zero-order valence-corrected chi connectivity index (χ0v) is 21.8. The molecule has 34 heavy (non-hydrogen) atoms. The van der Waals surface area contributed by atoms with Crippen molar-refractivity contribution >= 4 is 27.7 Å². The number of amides is 1.